The molecule has 1 saturated heterocycles. The number of thiocarbonyl (C=S) groups is 1. The fourth-order valence-electron chi connectivity index (χ4n) is 2.60. The Morgan fingerprint density at radius 3 is 2.27 bits per heavy atom. The van der Waals surface area contributed by atoms with Crippen LogP contribution in [-0.4, -0.2) is 28.4 Å². The van der Waals surface area contributed by atoms with Crippen molar-refractivity contribution in [2.75, 3.05) is 11.4 Å². The van der Waals surface area contributed by atoms with Crippen molar-refractivity contribution in [3.05, 3.63) is 84.2 Å². The monoisotopic (exact) mass is 366 g/mol. The standard InChI is InChI=1S/C20H15FN2O2S/c1-2-12-22-18(24)17(13-14-8-10-15(21)11-9-14)19(25)23(20(22)26)16-6-4-3-5-7-16/h2-11,13H,1,12H2/b17-13+. The molecule has 0 saturated carbocycles. The molecule has 26 heavy (non-hydrogen) atoms. The topological polar surface area (TPSA) is 40.6 Å². The van der Waals surface area contributed by atoms with E-state index in [0.29, 0.717) is 11.3 Å². The van der Waals surface area contributed by atoms with E-state index < -0.39 is 17.6 Å². The largest absolute Gasteiger partial charge is 0.280 e. The van der Waals surface area contributed by atoms with Crippen LogP contribution in [0.2, 0.25) is 0 Å². The minimum atomic E-state index is -0.518. The van der Waals surface area contributed by atoms with Gasteiger partial charge in [0.15, 0.2) is 5.11 Å². The lowest BCUT2D eigenvalue weighted by Gasteiger charge is -2.36. The fraction of sp³-hybridized carbons (Fsp3) is 0.0500. The average Bonchev–Trinajstić information content (AvgIpc) is 2.65. The highest BCUT2D eigenvalue weighted by atomic mass is 32.1. The van der Waals surface area contributed by atoms with Crippen molar-refractivity contribution in [2.24, 2.45) is 0 Å². The number of carbonyl (C=O) groups is 2. The Balaban J connectivity index is 2.09. The zero-order valence-corrected chi connectivity index (χ0v) is 14.6. The van der Waals surface area contributed by atoms with Crippen molar-refractivity contribution >= 4 is 40.9 Å². The summed E-state index contributed by atoms with van der Waals surface area (Å²) in [7, 11) is 0. The lowest BCUT2D eigenvalue weighted by Crippen LogP contribution is -2.56. The van der Waals surface area contributed by atoms with Gasteiger partial charge in [-0.05, 0) is 48.1 Å². The van der Waals surface area contributed by atoms with Gasteiger partial charge in [-0.25, -0.2) is 4.39 Å². The molecule has 130 valence electrons. The molecule has 0 N–H and O–H groups in total. The van der Waals surface area contributed by atoms with Crippen LogP contribution in [-0.2, 0) is 9.59 Å². The van der Waals surface area contributed by atoms with Crippen LogP contribution in [0.25, 0.3) is 6.08 Å². The highest BCUT2D eigenvalue weighted by Gasteiger charge is 2.39. The van der Waals surface area contributed by atoms with Gasteiger partial charge in [0.25, 0.3) is 11.8 Å². The summed E-state index contributed by atoms with van der Waals surface area (Å²) < 4.78 is 13.1. The van der Waals surface area contributed by atoms with Gasteiger partial charge in [0.2, 0.25) is 0 Å². The Morgan fingerprint density at radius 2 is 1.65 bits per heavy atom. The molecular formula is C20H15FN2O2S. The van der Waals surface area contributed by atoms with E-state index in [9.17, 15) is 14.0 Å². The number of amides is 2. The third-order valence-electron chi connectivity index (χ3n) is 3.84. The predicted octanol–water partition coefficient (Wildman–Crippen LogP) is 3.56. The van der Waals surface area contributed by atoms with Gasteiger partial charge in [0.1, 0.15) is 11.4 Å². The van der Waals surface area contributed by atoms with Gasteiger partial charge in [0, 0.05) is 6.54 Å². The molecule has 0 bridgehead atoms. The van der Waals surface area contributed by atoms with Crippen LogP contribution >= 0.6 is 12.2 Å². The summed E-state index contributed by atoms with van der Waals surface area (Å²) in [6, 6.07) is 14.4. The Morgan fingerprint density at radius 1 is 1.00 bits per heavy atom. The van der Waals surface area contributed by atoms with Crippen molar-refractivity contribution in [1.29, 1.82) is 0 Å². The van der Waals surface area contributed by atoms with Crippen LogP contribution in [0.5, 0.6) is 0 Å². The van der Waals surface area contributed by atoms with Crippen LogP contribution < -0.4 is 4.90 Å². The summed E-state index contributed by atoms with van der Waals surface area (Å²) in [6.07, 6.45) is 2.98. The second-order valence-corrected chi connectivity index (χ2v) is 5.94. The maximum absolute atomic E-state index is 13.1. The third kappa shape index (κ3) is 3.32. The normalized spacial score (nSPS) is 16.3. The minimum absolute atomic E-state index is 0.0455. The number of carbonyl (C=O) groups excluding carboxylic acids is 2. The summed E-state index contributed by atoms with van der Waals surface area (Å²) >= 11 is 5.37. The van der Waals surface area contributed by atoms with E-state index >= 15 is 0 Å². The average molecular weight is 366 g/mol. The van der Waals surface area contributed by atoms with Crippen LogP contribution in [0.1, 0.15) is 5.56 Å². The van der Waals surface area contributed by atoms with Gasteiger partial charge >= 0.3 is 0 Å². The molecule has 4 nitrogen and oxygen atoms in total. The molecule has 0 aromatic heterocycles. The van der Waals surface area contributed by atoms with Crippen LogP contribution in [0.3, 0.4) is 0 Å². The molecule has 6 heteroatoms. The van der Waals surface area contributed by atoms with E-state index in [1.165, 1.54) is 40.1 Å². The van der Waals surface area contributed by atoms with Gasteiger partial charge in [-0.1, -0.05) is 36.4 Å². The first-order valence-corrected chi connectivity index (χ1v) is 8.27. The maximum atomic E-state index is 13.1. The highest BCUT2D eigenvalue weighted by molar-refractivity contribution is 7.80. The summed E-state index contributed by atoms with van der Waals surface area (Å²) in [6.45, 7) is 3.82. The number of halogens is 1. The molecular weight excluding hydrogens is 351 g/mol. The Bertz CT molecular complexity index is 907. The molecule has 0 radical (unpaired) electrons. The lowest BCUT2D eigenvalue weighted by molar-refractivity contribution is -0.127. The van der Waals surface area contributed by atoms with Gasteiger partial charge in [-0.15, -0.1) is 6.58 Å². The number of anilines is 1. The predicted molar refractivity (Wildman–Crippen MR) is 103 cm³/mol. The van der Waals surface area contributed by atoms with Crippen LogP contribution in [0, 0.1) is 5.82 Å². The highest BCUT2D eigenvalue weighted by Crippen LogP contribution is 2.26. The van der Waals surface area contributed by atoms with Gasteiger partial charge in [0.05, 0.1) is 5.69 Å². The molecule has 0 atom stereocenters. The first-order chi connectivity index (χ1) is 12.5. The van der Waals surface area contributed by atoms with E-state index in [-0.39, 0.29) is 17.2 Å². The van der Waals surface area contributed by atoms with Crippen molar-refractivity contribution in [1.82, 2.24) is 4.90 Å². The van der Waals surface area contributed by atoms with Gasteiger partial charge in [-0.3, -0.25) is 19.4 Å². The number of hydrogen-bond acceptors (Lipinski definition) is 3. The quantitative estimate of drug-likeness (QED) is 0.360. The number of nitrogens with zero attached hydrogens (tertiary/aromatic N) is 2. The Kier molecular flexibility index (Phi) is 5.04. The molecule has 1 fully saturated rings. The molecule has 0 aliphatic carbocycles. The van der Waals surface area contributed by atoms with Crippen LogP contribution in [0.4, 0.5) is 10.1 Å². The van der Waals surface area contributed by atoms with E-state index in [0.717, 1.165) is 0 Å². The number of hydrogen-bond donors (Lipinski definition) is 0. The maximum Gasteiger partial charge on any atom is 0.270 e. The zero-order valence-electron chi connectivity index (χ0n) is 13.8. The number of rotatable bonds is 4. The van der Waals surface area contributed by atoms with Gasteiger partial charge < -0.3 is 0 Å². The first-order valence-electron chi connectivity index (χ1n) is 7.86. The van der Waals surface area contributed by atoms with Gasteiger partial charge in [-0.2, -0.15) is 0 Å². The molecule has 0 unspecified atom stereocenters. The zero-order chi connectivity index (χ0) is 18.7. The molecule has 2 amide bonds. The molecule has 1 aliphatic heterocycles. The molecule has 1 heterocycles. The lowest BCUT2D eigenvalue weighted by atomic mass is 10.1. The van der Waals surface area contributed by atoms with Crippen molar-refractivity contribution in [3.63, 3.8) is 0 Å². The van der Waals surface area contributed by atoms with Crippen molar-refractivity contribution in [2.45, 2.75) is 0 Å². The first kappa shape index (κ1) is 17.7. The molecule has 1 aliphatic rings. The van der Waals surface area contributed by atoms with E-state index in [1.807, 2.05) is 6.07 Å². The SMILES string of the molecule is C=CCN1C(=O)/C(=C\c2ccc(F)cc2)C(=O)N(c2ccccc2)C1=S. The Hall–Kier alpha value is -3.12. The van der Waals surface area contributed by atoms with Crippen LogP contribution in [0.15, 0.2) is 72.8 Å². The molecule has 0 spiro atoms. The Labute approximate surface area is 155 Å². The van der Waals surface area contributed by atoms with Crippen molar-refractivity contribution in [3.8, 4) is 0 Å². The third-order valence-corrected chi connectivity index (χ3v) is 4.24. The second kappa shape index (κ2) is 7.41. The van der Waals surface area contributed by atoms with E-state index in [1.54, 1.807) is 30.3 Å². The van der Waals surface area contributed by atoms with Crippen molar-refractivity contribution < 1.29 is 14.0 Å². The number of para-hydroxylation sites is 1. The molecule has 3 rings (SSSR count). The number of benzene rings is 2. The summed E-state index contributed by atoms with van der Waals surface area (Å²) in [5, 5.41) is 0.0994. The van der Waals surface area contributed by atoms with E-state index in [4.69, 9.17) is 12.2 Å². The fourth-order valence-corrected chi connectivity index (χ4v) is 2.94. The second-order valence-electron chi connectivity index (χ2n) is 5.57. The van der Waals surface area contributed by atoms with E-state index in [2.05, 4.69) is 6.58 Å². The summed E-state index contributed by atoms with van der Waals surface area (Å²) in [5.41, 5.74) is 1.06. The summed E-state index contributed by atoms with van der Waals surface area (Å²) in [4.78, 5) is 28.4. The molecule has 2 aromatic rings. The minimum Gasteiger partial charge on any atom is -0.280 e. The molecule has 2 aromatic carbocycles. The summed E-state index contributed by atoms with van der Waals surface area (Å²) in [5.74, 6) is -1.42. The smallest absolute Gasteiger partial charge is 0.270 e.